The van der Waals surface area contributed by atoms with Crippen molar-refractivity contribution in [2.75, 3.05) is 0 Å². The molecule has 0 aliphatic rings. The van der Waals surface area contributed by atoms with E-state index in [1.54, 1.807) is 6.20 Å². The van der Waals surface area contributed by atoms with Crippen LogP contribution in [0.15, 0.2) is 34.9 Å². The molecule has 0 spiro atoms. The van der Waals surface area contributed by atoms with Crippen molar-refractivity contribution in [3.8, 4) is 0 Å². The molecule has 0 unspecified atom stereocenters. The van der Waals surface area contributed by atoms with Crippen molar-refractivity contribution < 1.29 is 8.78 Å². The number of rotatable bonds is 4. The third-order valence-corrected chi connectivity index (χ3v) is 3.46. The quantitative estimate of drug-likeness (QED) is 0.866. The summed E-state index contributed by atoms with van der Waals surface area (Å²) in [6.45, 7) is 2.54. The van der Waals surface area contributed by atoms with Crippen molar-refractivity contribution >= 4 is 15.9 Å². The number of pyridine rings is 1. The molecule has 100 valence electrons. The number of nitrogens with one attached hydrogen (secondary N) is 1. The standard InChI is InChI=1S/C14H13BrF2N2/c1-9-3-2-6-19-13(9)8-18-7-10-12(16)5-4-11(15)14(10)17/h2-6,18H,7-8H2,1H3. The number of benzene rings is 1. The summed E-state index contributed by atoms with van der Waals surface area (Å²) in [6, 6.07) is 6.41. The average molecular weight is 327 g/mol. The van der Waals surface area contributed by atoms with Crippen LogP contribution in [0.5, 0.6) is 0 Å². The lowest BCUT2D eigenvalue weighted by atomic mass is 10.2. The summed E-state index contributed by atoms with van der Waals surface area (Å²) < 4.78 is 27.5. The number of halogens is 3. The van der Waals surface area contributed by atoms with E-state index in [-0.39, 0.29) is 16.6 Å². The number of nitrogens with zero attached hydrogens (tertiary/aromatic N) is 1. The molecular weight excluding hydrogens is 314 g/mol. The van der Waals surface area contributed by atoms with E-state index < -0.39 is 11.6 Å². The van der Waals surface area contributed by atoms with E-state index in [2.05, 4.69) is 26.2 Å². The van der Waals surface area contributed by atoms with E-state index >= 15 is 0 Å². The highest BCUT2D eigenvalue weighted by molar-refractivity contribution is 9.10. The fourth-order valence-corrected chi connectivity index (χ4v) is 2.11. The highest BCUT2D eigenvalue weighted by Gasteiger charge is 2.11. The summed E-state index contributed by atoms with van der Waals surface area (Å²) in [6.07, 6.45) is 1.70. The molecule has 1 aromatic heterocycles. The van der Waals surface area contributed by atoms with E-state index in [4.69, 9.17) is 0 Å². The Hall–Kier alpha value is -1.33. The van der Waals surface area contributed by atoms with Crippen LogP contribution in [0.1, 0.15) is 16.8 Å². The van der Waals surface area contributed by atoms with Gasteiger partial charge in [-0.05, 0) is 46.6 Å². The fraction of sp³-hybridized carbons (Fsp3) is 0.214. The van der Waals surface area contributed by atoms with Crippen molar-refractivity contribution in [2.24, 2.45) is 0 Å². The van der Waals surface area contributed by atoms with E-state index in [9.17, 15) is 8.78 Å². The van der Waals surface area contributed by atoms with Crippen LogP contribution in [-0.2, 0) is 13.1 Å². The Morgan fingerprint density at radius 1 is 1.21 bits per heavy atom. The van der Waals surface area contributed by atoms with Gasteiger partial charge in [-0.3, -0.25) is 4.98 Å². The van der Waals surface area contributed by atoms with Crippen molar-refractivity contribution in [2.45, 2.75) is 20.0 Å². The average Bonchev–Trinajstić information content (AvgIpc) is 2.40. The van der Waals surface area contributed by atoms with Crippen molar-refractivity contribution in [1.82, 2.24) is 10.3 Å². The molecule has 2 rings (SSSR count). The van der Waals surface area contributed by atoms with E-state index in [0.29, 0.717) is 6.54 Å². The molecule has 0 atom stereocenters. The topological polar surface area (TPSA) is 24.9 Å². The monoisotopic (exact) mass is 326 g/mol. The molecule has 0 radical (unpaired) electrons. The van der Waals surface area contributed by atoms with Crippen LogP contribution >= 0.6 is 15.9 Å². The fourth-order valence-electron chi connectivity index (χ4n) is 1.74. The van der Waals surface area contributed by atoms with Gasteiger partial charge in [-0.15, -0.1) is 0 Å². The largest absolute Gasteiger partial charge is 0.307 e. The van der Waals surface area contributed by atoms with Gasteiger partial charge in [0.1, 0.15) is 11.6 Å². The number of hydrogen-bond donors (Lipinski definition) is 1. The Kier molecular flexibility index (Phi) is 4.61. The molecule has 0 bridgehead atoms. The van der Waals surface area contributed by atoms with Crippen molar-refractivity contribution in [3.05, 3.63) is 63.4 Å². The maximum absolute atomic E-state index is 13.7. The molecular formula is C14H13BrF2N2. The second-order valence-corrected chi connectivity index (χ2v) is 5.05. The van der Waals surface area contributed by atoms with Gasteiger partial charge in [0.15, 0.2) is 0 Å². The molecule has 2 nitrogen and oxygen atoms in total. The second-order valence-electron chi connectivity index (χ2n) is 4.19. The molecule has 1 N–H and O–H groups in total. The summed E-state index contributed by atoms with van der Waals surface area (Å²) in [5.74, 6) is -1.11. The normalized spacial score (nSPS) is 10.7. The van der Waals surface area contributed by atoms with Crippen LogP contribution in [0.2, 0.25) is 0 Å². The van der Waals surface area contributed by atoms with Gasteiger partial charge in [-0.1, -0.05) is 6.07 Å². The molecule has 19 heavy (non-hydrogen) atoms. The van der Waals surface area contributed by atoms with Crippen LogP contribution in [0.3, 0.4) is 0 Å². The van der Waals surface area contributed by atoms with Crippen LogP contribution in [0.4, 0.5) is 8.78 Å². The zero-order chi connectivity index (χ0) is 13.8. The smallest absolute Gasteiger partial charge is 0.144 e. The van der Waals surface area contributed by atoms with Crippen LogP contribution in [0, 0.1) is 18.6 Å². The molecule has 1 heterocycles. The Labute approximate surface area is 119 Å². The molecule has 0 aliphatic heterocycles. The van der Waals surface area contributed by atoms with Crippen molar-refractivity contribution in [3.63, 3.8) is 0 Å². The minimum atomic E-state index is -0.565. The Morgan fingerprint density at radius 2 is 2.00 bits per heavy atom. The predicted molar refractivity (Wildman–Crippen MR) is 73.6 cm³/mol. The van der Waals surface area contributed by atoms with Gasteiger partial charge in [0.2, 0.25) is 0 Å². The van der Waals surface area contributed by atoms with Gasteiger partial charge in [0, 0.05) is 24.8 Å². The highest BCUT2D eigenvalue weighted by atomic mass is 79.9. The zero-order valence-corrected chi connectivity index (χ0v) is 12.0. The van der Waals surface area contributed by atoms with Gasteiger partial charge in [0.25, 0.3) is 0 Å². The van der Waals surface area contributed by atoms with Crippen LogP contribution < -0.4 is 5.32 Å². The van der Waals surface area contributed by atoms with E-state index in [1.165, 1.54) is 12.1 Å². The third-order valence-electron chi connectivity index (χ3n) is 2.85. The first-order valence-electron chi connectivity index (χ1n) is 5.83. The van der Waals surface area contributed by atoms with Crippen LogP contribution in [0.25, 0.3) is 0 Å². The lowest BCUT2D eigenvalue weighted by Gasteiger charge is -2.09. The van der Waals surface area contributed by atoms with Gasteiger partial charge in [0.05, 0.1) is 10.2 Å². The molecule has 0 fully saturated rings. The zero-order valence-electron chi connectivity index (χ0n) is 10.4. The summed E-state index contributed by atoms with van der Waals surface area (Å²) in [4.78, 5) is 4.21. The van der Waals surface area contributed by atoms with Crippen LogP contribution in [-0.4, -0.2) is 4.98 Å². The molecule has 5 heteroatoms. The summed E-state index contributed by atoms with van der Waals surface area (Å²) in [5.41, 5.74) is 1.95. The number of hydrogen-bond acceptors (Lipinski definition) is 2. The van der Waals surface area contributed by atoms with Gasteiger partial charge < -0.3 is 5.32 Å². The van der Waals surface area contributed by atoms with E-state index in [1.807, 2.05) is 19.1 Å². The number of aromatic nitrogens is 1. The maximum atomic E-state index is 13.7. The molecule has 0 saturated carbocycles. The molecule has 2 aromatic rings. The van der Waals surface area contributed by atoms with Gasteiger partial charge in [-0.25, -0.2) is 8.78 Å². The first-order valence-corrected chi connectivity index (χ1v) is 6.62. The maximum Gasteiger partial charge on any atom is 0.144 e. The molecule has 0 aliphatic carbocycles. The lowest BCUT2D eigenvalue weighted by molar-refractivity contribution is 0.530. The van der Waals surface area contributed by atoms with Gasteiger partial charge in [-0.2, -0.15) is 0 Å². The third kappa shape index (κ3) is 3.36. The molecule has 0 amide bonds. The number of aryl methyl sites for hydroxylation is 1. The minimum Gasteiger partial charge on any atom is -0.307 e. The highest BCUT2D eigenvalue weighted by Crippen LogP contribution is 2.21. The predicted octanol–water partition coefficient (Wildman–Crippen LogP) is 3.72. The second kappa shape index (κ2) is 6.21. The summed E-state index contributed by atoms with van der Waals surface area (Å²) >= 11 is 3.05. The Bertz CT molecular complexity index is 588. The van der Waals surface area contributed by atoms with Crippen molar-refractivity contribution in [1.29, 1.82) is 0 Å². The lowest BCUT2D eigenvalue weighted by Crippen LogP contribution is -2.16. The van der Waals surface area contributed by atoms with E-state index in [0.717, 1.165) is 11.3 Å². The Balaban J connectivity index is 2.04. The molecule has 0 saturated heterocycles. The van der Waals surface area contributed by atoms with Gasteiger partial charge >= 0.3 is 0 Å². The minimum absolute atomic E-state index is 0.0305. The first kappa shape index (κ1) is 14.1. The first-order chi connectivity index (χ1) is 9.09. The Morgan fingerprint density at radius 3 is 2.74 bits per heavy atom. The molecule has 1 aromatic carbocycles. The SMILES string of the molecule is Cc1cccnc1CNCc1c(F)ccc(Br)c1F. The summed E-state index contributed by atoms with van der Waals surface area (Å²) in [5, 5.41) is 3.00. The summed E-state index contributed by atoms with van der Waals surface area (Å²) in [7, 11) is 0.